The first kappa shape index (κ1) is 19.0. The molecule has 0 aromatic heterocycles. The number of nitrogens with one attached hydrogen (secondary N) is 1. The molecule has 2 heterocycles. The molecule has 1 amide bonds. The lowest BCUT2D eigenvalue weighted by molar-refractivity contribution is -0.0167. The molecule has 1 saturated heterocycles. The molecule has 2 aromatic rings. The van der Waals surface area contributed by atoms with E-state index in [9.17, 15) is 4.79 Å². The normalized spacial score (nSPS) is 17.6. The van der Waals surface area contributed by atoms with Crippen molar-refractivity contribution in [3.05, 3.63) is 65.2 Å². The molecule has 2 aromatic carbocycles. The Morgan fingerprint density at radius 2 is 1.89 bits per heavy atom. The molecule has 4 rings (SSSR count). The number of rotatable bonds is 6. The number of likely N-dealkylation sites (tertiary alicyclic amines) is 1. The Balaban J connectivity index is 1.21. The first-order chi connectivity index (χ1) is 13.8. The van der Waals surface area contributed by atoms with Crippen LogP contribution < -0.4 is 10.1 Å². The quantitative estimate of drug-likeness (QED) is 0.836. The lowest BCUT2D eigenvalue weighted by Gasteiger charge is -2.32. The van der Waals surface area contributed by atoms with Gasteiger partial charge in [-0.15, -0.1) is 0 Å². The molecule has 5 heteroatoms. The van der Waals surface area contributed by atoms with Crippen LogP contribution in [-0.2, 0) is 17.8 Å². The van der Waals surface area contributed by atoms with Gasteiger partial charge in [0.05, 0.1) is 6.61 Å². The van der Waals surface area contributed by atoms with Crippen LogP contribution in [0.3, 0.4) is 0 Å². The fraction of sp³-hybridized carbons (Fsp3) is 0.435. The third-order valence-corrected chi connectivity index (χ3v) is 5.71. The van der Waals surface area contributed by atoms with E-state index in [1.54, 1.807) is 0 Å². The molecule has 1 fully saturated rings. The van der Waals surface area contributed by atoms with Crippen LogP contribution in [0.5, 0.6) is 5.75 Å². The van der Waals surface area contributed by atoms with E-state index in [0.717, 1.165) is 36.9 Å². The van der Waals surface area contributed by atoms with Gasteiger partial charge in [0.1, 0.15) is 5.75 Å². The number of carbonyl (C=O) groups is 1. The Kier molecular flexibility index (Phi) is 6.24. The Hall–Kier alpha value is -2.37. The van der Waals surface area contributed by atoms with E-state index in [4.69, 9.17) is 9.47 Å². The van der Waals surface area contributed by atoms with Crippen molar-refractivity contribution in [3.8, 4) is 5.75 Å². The number of benzene rings is 2. The Morgan fingerprint density at radius 1 is 1.07 bits per heavy atom. The van der Waals surface area contributed by atoms with E-state index < -0.39 is 0 Å². The van der Waals surface area contributed by atoms with Crippen LogP contribution in [0, 0.1) is 5.92 Å². The van der Waals surface area contributed by atoms with Crippen LogP contribution in [0.4, 0.5) is 0 Å². The molecule has 0 spiro atoms. The highest BCUT2D eigenvalue weighted by Crippen LogP contribution is 2.26. The van der Waals surface area contributed by atoms with Crippen LogP contribution in [0.2, 0.25) is 0 Å². The largest absolute Gasteiger partial charge is 0.467 e. The van der Waals surface area contributed by atoms with Crippen LogP contribution in [0.15, 0.2) is 48.5 Å². The fourth-order valence-electron chi connectivity index (χ4n) is 4.10. The summed E-state index contributed by atoms with van der Waals surface area (Å²) in [6.07, 6.45) is 3.63. The van der Waals surface area contributed by atoms with Crippen molar-refractivity contribution in [2.24, 2.45) is 5.92 Å². The second-order valence-electron chi connectivity index (χ2n) is 7.62. The summed E-state index contributed by atoms with van der Waals surface area (Å²) in [4.78, 5) is 15.0. The van der Waals surface area contributed by atoms with Gasteiger partial charge in [-0.1, -0.05) is 36.4 Å². The van der Waals surface area contributed by atoms with Gasteiger partial charge in [0.2, 0.25) is 0 Å². The summed E-state index contributed by atoms with van der Waals surface area (Å²) in [5, 5.41) is 3.06. The van der Waals surface area contributed by atoms with Crippen LogP contribution in [0.25, 0.3) is 0 Å². The van der Waals surface area contributed by atoms with Gasteiger partial charge >= 0.3 is 0 Å². The van der Waals surface area contributed by atoms with E-state index in [2.05, 4.69) is 40.5 Å². The molecule has 28 heavy (non-hydrogen) atoms. The van der Waals surface area contributed by atoms with Crippen LogP contribution in [0.1, 0.15) is 34.3 Å². The number of hydrogen-bond acceptors (Lipinski definition) is 4. The van der Waals surface area contributed by atoms with Crippen molar-refractivity contribution in [1.82, 2.24) is 10.2 Å². The number of fused-ring (bicyclic) bond motifs is 1. The molecule has 0 atom stereocenters. The zero-order valence-corrected chi connectivity index (χ0v) is 16.2. The highest BCUT2D eigenvalue weighted by Gasteiger charge is 2.21. The Morgan fingerprint density at radius 3 is 2.71 bits per heavy atom. The van der Waals surface area contributed by atoms with E-state index >= 15 is 0 Å². The number of amides is 1. The summed E-state index contributed by atoms with van der Waals surface area (Å²) in [5.74, 6) is 1.47. The molecule has 0 aliphatic carbocycles. The molecular formula is C23H28N2O3. The predicted molar refractivity (Wildman–Crippen MR) is 108 cm³/mol. The van der Waals surface area contributed by atoms with Gasteiger partial charge in [-0.2, -0.15) is 0 Å². The SMILES string of the molecule is O=C(NCCN1CCC(Cc2ccccc2)CC1)c1cccc2c1COCO2. The number of piperidine rings is 1. The lowest BCUT2D eigenvalue weighted by Crippen LogP contribution is -2.40. The highest BCUT2D eigenvalue weighted by atomic mass is 16.7. The van der Waals surface area contributed by atoms with Crippen molar-refractivity contribution >= 4 is 5.91 Å². The maximum Gasteiger partial charge on any atom is 0.251 e. The molecular weight excluding hydrogens is 352 g/mol. The van der Waals surface area contributed by atoms with Gasteiger partial charge in [-0.3, -0.25) is 4.79 Å². The van der Waals surface area contributed by atoms with Gasteiger partial charge in [0.15, 0.2) is 6.79 Å². The van der Waals surface area contributed by atoms with Gasteiger partial charge in [0, 0.05) is 24.2 Å². The Bertz CT molecular complexity index is 786. The molecule has 0 bridgehead atoms. The minimum atomic E-state index is -0.0510. The van der Waals surface area contributed by atoms with E-state index in [1.165, 1.54) is 24.8 Å². The topological polar surface area (TPSA) is 50.8 Å². The standard InChI is InChI=1S/C23H28N2O3/c26-23(20-7-4-8-22-21(20)16-27-17-28-22)24-11-14-25-12-9-19(10-13-25)15-18-5-2-1-3-6-18/h1-8,19H,9-17H2,(H,24,26). The van der Waals surface area contributed by atoms with Gasteiger partial charge in [0.25, 0.3) is 5.91 Å². The average Bonchev–Trinajstić information content (AvgIpc) is 2.75. The lowest BCUT2D eigenvalue weighted by atomic mass is 9.90. The maximum absolute atomic E-state index is 12.6. The second kappa shape index (κ2) is 9.22. The monoisotopic (exact) mass is 380 g/mol. The molecule has 0 saturated carbocycles. The van der Waals surface area contributed by atoms with Gasteiger partial charge < -0.3 is 19.7 Å². The number of nitrogens with zero attached hydrogens (tertiary/aromatic N) is 1. The second-order valence-corrected chi connectivity index (χ2v) is 7.62. The van der Waals surface area contributed by atoms with Crippen molar-refractivity contribution < 1.29 is 14.3 Å². The van der Waals surface area contributed by atoms with Gasteiger partial charge in [-0.05, 0) is 56.0 Å². The third-order valence-electron chi connectivity index (χ3n) is 5.71. The molecule has 2 aliphatic heterocycles. The number of hydrogen-bond donors (Lipinski definition) is 1. The highest BCUT2D eigenvalue weighted by molar-refractivity contribution is 5.96. The average molecular weight is 380 g/mol. The molecule has 2 aliphatic rings. The summed E-state index contributed by atoms with van der Waals surface area (Å²) >= 11 is 0. The molecule has 0 unspecified atom stereocenters. The zero-order chi connectivity index (χ0) is 19.2. The summed E-state index contributed by atoms with van der Waals surface area (Å²) in [7, 11) is 0. The van der Waals surface area contributed by atoms with Crippen molar-refractivity contribution in [1.29, 1.82) is 0 Å². The Labute approximate surface area is 166 Å². The molecule has 5 nitrogen and oxygen atoms in total. The smallest absolute Gasteiger partial charge is 0.251 e. The van der Waals surface area contributed by atoms with E-state index in [0.29, 0.717) is 18.7 Å². The van der Waals surface area contributed by atoms with Crippen molar-refractivity contribution in [3.63, 3.8) is 0 Å². The maximum atomic E-state index is 12.6. The summed E-state index contributed by atoms with van der Waals surface area (Å²) in [6.45, 7) is 4.44. The number of carbonyl (C=O) groups excluding carboxylic acids is 1. The summed E-state index contributed by atoms with van der Waals surface area (Å²) in [6, 6.07) is 16.3. The minimum Gasteiger partial charge on any atom is -0.467 e. The van der Waals surface area contributed by atoms with Crippen molar-refractivity contribution in [2.75, 3.05) is 33.0 Å². The predicted octanol–water partition coefficient (Wildman–Crippen LogP) is 3.24. The third kappa shape index (κ3) is 4.72. The molecule has 0 radical (unpaired) electrons. The van der Waals surface area contributed by atoms with Crippen molar-refractivity contribution in [2.45, 2.75) is 25.9 Å². The molecule has 1 N–H and O–H groups in total. The van der Waals surface area contributed by atoms with Gasteiger partial charge in [-0.25, -0.2) is 0 Å². The van der Waals surface area contributed by atoms with Crippen LogP contribution in [-0.4, -0.2) is 43.8 Å². The minimum absolute atomic E-state index is 0.0510. The number of ether oxygens (including phenoxy) is 2. The molecule has 148 valence electrons. The zero-order valence-electron chi connectivity index (χ0n) is 16.2. The first-order valence-corrected chi connectivity index (χ1v) is 10.2. The fourth-order valence-corrected chi connectivity index (χ4v) is 4.10. The summed E-state index contributed by atoms with van der Waals surface area (Å²) in [5.41, 5.74) is 2.93. The summed E-state index contributed by atoms with van der Waals surface area (Å²) < 4.78 is 10.8. The van der Waals surface area contributed by atoms with Crippen LogP contribution >= 0.6 is 0 Å². The van der Waals surface area contributed by atoms with E-state index in [1.807, 2.05) is 18.2 Å². The first-order valence-electron chi connectivity index (χ1n) is 10.2. The van der Waals surface area contributed by atoms with E-state index in [-0.39, 0.29) is 12.7 Å².